The van der Waals surface area contributed by atoms with Gasteiger partial charge in [0.15, 0.2) is 0 Å². The Balaban J connectivity index is 0.000000367. The number of nitrogens with one attached hydrogen (secondary N) is 2. The van der Waals surface area contributed by atoms with Gasteiger partial charge in [-0.25, -0.2) is 14.8 Å². The molecule has 2 aromatic heterocycles. The lowest BCUT2D eigenvalue weighted by atomic mass is 9.89. The number of ether oxygens (including phenoxy) is 2. The number of rotatable bonds is 6. The molecule has 0 aliphatic heterocycles. The minimum Gasteiger partial charge on any atom is -0.465 e. The standard InChI is InChI=1S/C22H21F3N4O3.C8H10O/c1-32-21(31)13-10-16-17(28-19(27-16)12-6-3-2-4-7-12)11-15(13)29-20(30)14-8-5-9-18(26-14)22(23,24)25;1-9-7-8-5-3-2-4-6-8/h5,8-12H,2-4,6-7H2,1H3,(H,27,28)(H,29,30);2-6H,7H2,1H3. The normalized spacial score (nSPS) is 13.8. The third-order valence-corrected chi connectivity index (χ3v) is 6.71. The zero-order valence-corrected chi connectivity index (χ0v) is 22.8. The maximum absolute atomic E-state index is 12.9. The number of amides is 1. The SMILES string of the molecule is COC(=O)c1cc2[nH]c(C3CCCCC3)nc2cc1NC(=O)c1cccc(C(F)(F)F)n1.COCc1ccccc1. The summed E-state index contributed by atoms with van der Waals surface area (Å²) in [5.41, 5.74) is 0.889. The Kier molecular flexibility index (Phi) is 9.72. The van der Waals surface area contributed by atoms with Gasteiger partial charge in [-0.05, 0) is 42.7 Å². The van der Waals surface area contributed by atoms with Crippen molar-refractivity contribution < 1.29 is 32.2 Å². The number of esters is 1. The number of pyridine rings is 1. The highest BCUT2D eigenvalue weighted by molar-refractivity contribution is 6.09. The molecule has 0 spiro atoms. The molecule has 0 bridgehead atoms. The van der Waals surface area contributed by atoms with Crippen molar-refractivity contribution in [2.24, 2.45) is 0 Å². The second kappa shape index (κ2) is 13.4. The Hall–Kier alpha value is -4.25. The van der Waals surface area contributed by atoms with Crippen molar-refractivity contribution in [3.8, 4) is 0 Å². The van der Waals surface area contributed by atoms with Crippen molar-refractivity contribution in [1.82, 2.24) is 15.0 Å². The van der Waals surface area contributed by atoms with Crippen LogP contribution in [0.3, 0.4) is 0 Å². The van der Waals surface area contributed by atoms with E-state index < -0.39 is 29.4 Å². The number of aromatic amines is 1. The molecule has 0 radical (unpaired) electrons. The van der Waals surface area contributed by atoms with Crippen molar-refractivity contribution in [3.63, 3.8) is 0 Å². The number of hydrogen-bond donors (Lipinski definition) is 2. The predicted molar refractivity (Wildman–Crippen MR) is 148 cm³/mol. The van der Waals surface area contributed by atoms with Crippen LogP contribution in [0.1, 0.15) is 76.0 Å². The lowest BCUT2D eigenvalue weighted by Gasteiger charge is -2.18. The van der Waals surface area contributed by atoms with Crippen LogP contribution in [0.5, 0.6) is 0 Å². The second-order valence-corrected chi connectivity index (χ2v) is 9.64. The van der Waals surface area contributed by atoms with Gasteiger partial charge in [-0.3, -0.25) is 4.79 Å². The van der Waals surface area contributed by atoms with E-state index >= 15 is 0 Å². The molecule has 0 saturated heterocycles. The zero-order valence-electron chi connectivity index (χ0n) is 22.8. The molecule has 4 aromatic rings. The first-order chi connectivity index (χ1) is 19.7. The van der Waals surface area contributed by atoms with Crippen LogP contribution in [0.15, 0.2) is 60.7 Å². The largest absolute Gasteiger partial charge is 0.465 e. The van der Waals surface area contributed by atoms with Crippen LogP contribution in [0.2, 0.25) is 0 Å². The van der Waals surface area contributed by atoms with E-state index in [1.807, 2.05) is 30.3 Å². The third kappa shape index (κ3) is 7.69. The van der Waals surface area contributed by atoms with Crippen molar-refractivity contribution in [2.45, 2.75) is 50.8 Å². The Morgan fingerprint density at radius 2 is 1.71 bits per heavy atom. The zero-order chi connectivity index (χ0) is 29.4. The monoisotopic (exact) mass is 568 g/mol. The van der Waals surface area contributed by atoms with Gasteiger partial charge in [0.2, 0.25) is 0 Å². The fourth-order valence-electron chi connectivity index (χ4n) is 4.67. The Bertz CT molecular complexity index is 1480. The van der Waals surface area contributed by atoms with Crippen molar-refractivity contribution in [1.29, 1.82) is 0 Å². The van der Waals surface area contributed by atoms with E-state index in [0.717, 1.165) is 49.7 Å². The fraction of sp³-hybridized carbons (Fsp3) is 0.333. The van der Waals surface area contributed by atoms with Gasteiger partial charge >= 0.3 is 12.1 Å². The smallest absolute Gasteiger partial charge is 0.433 e. The van der Waals surface area contributed by atoms with Crippen LogP contribution in [-0.2, 0) is 22.3 Å². The van der Waals surface area contributed by atoms with E-state index in [9.17, 15) is 22.8 Å². The molecule has 5 rings (SSSR count). The molecule has 1 aliphatic rings. The highest BCUT2D eigenvalue weighted by atomic mass is 19.4. The molecular formula is C30H31F3N4O4. The summed E-state index contributed by atoms with van der Waals surface area (Å²) < 4.78 is 48.6. The van der Waals surface area contributed by atoms with Crippen LogP contribution in [0.25, 0.3) is 11.0 Å². The summed E-state index contributed by atoms with van der Waals surface area (Å²) >= 11 is 0. The number of aromatic nitrogens is 3. The molecule has 1 fully saturated rings. The minimum atomic E-state index is -4.68. The highest BCUT2D eigenvalue weighted by Gasteiger charge is 2.33. The van der Waals surface area contributed by atoms with Gasteiger partial charge in [0.05, 0.1) is 36.0 Å². The Labute approximate surface area is 235 Å². The van der Waals surface area contributed by atoms with Crippen LogP contribution >= 0.6 is 0 Å². The number of alkyl halides is 3. The Morgan fingerprint density at radius 1 is 0.976 bits per heavy atom. The number of imidazole rings is 1. The quantitative estimate of drug-likeness (QED) is 0.245. The van der Waals surface area contributed by atoms with Crippen LogP contribution in [0, 0.1) is 0 Å². The number of nitrogens with zero attached hydrogens (tertiary/aromatic N) is 2. The predicted octanol–water partition coefficient (Wildman–Crippen LogP) is 6.90. The Morgan fingerprint density at radius 3 is 2.37 bits per heavy atom. The van der Waals surface area contributed by atoms with E-state index in [4.69, 9.17) is 9.47 Å². The van der Waals surface area contributed by atoms with E-state index in [1.54, 1.807) is 7.11 Å². The van der Waals surface area contributed by atoms with Crippen molar-refractivity contribution in [2.75, 3.05) is 19.5 Å². The number of halogens is 3. The highest BCUT2D eigenvalue weighted by Crippen LogP contribution is 2.33. The second-order valence-electron chi connectivity index (χ2n) is 9.64. The van der Waals surface area contributed by atoms with Gasteiger partial charge in [-0.2, -0.15) is 13.2 Å². The first-order valence-electron chi connectivity index (χ1n) is 13.2. The number of carbonyl (C=O) groups is 2. The van der Waals surface area contributed by atoms with E-state index in [1.165, 1.54) is 31.2 Å². The molecule has 0 atom stereocenters. The lowest BCUT2D eigenvalue weighted by Crippen LogP contribution is -2.18. The summed E-state index contributed by atoms with van der Waals surface area (Å²) in [7, 11) is 2.90. The maximum atomic E-state index is 12.9. The topological polar surface area (TPSA) is 106 Å². The van der Waals surface area contributed by atoms with Gasteiger partial charge in [-0.15, -0.1) is 0 Å². The van der Waals surface area contributed by atoms with Gasteiger partial charge in [0.25, 0.3) is 5.91 Å². The molecule has 1 amide bonds. The van der Waals surface area contributed by atoms with E-state index in [2.05, 4.69) is 20.3 Å². The minimum absolute atomic E-state index is 0.0548. The molecule has 11 heteroatoms. The van der Waals surface area contributed by atoms with Crippen LogP contribution in [0.4, 0.5) is 18.9 Å². The number of fused-ring (bicyclic) bond motifs is 1. The molecule has 2 heterocycles. The molecule has 216 valence electrons. The molecule has 0 unspecified atom stereocenters. The summed E-state index contributed by atoms with van der Waals surface area (Å²) in [6, 6.07) is 16.2. The number of hydrogen-bond acceptors (Lipinski definition) is 6. The van der Waals surface area contributed by atoms with Crippen molar-refractivity contribution >= 4 is 28.6 Å². The molecule has 1 saturated carbocycles. The van der Waals surface area contributed by atoms with Gasteiger partial charge in [-0.1, -0.05) is 55.7 Å². The maximum Gasteiger partial charge on any atom is 0.433 e. The molecular weight excluding hydrogens is 537 g/mol. The summed E-state index contributed by atoms with van der Waals surface area (Å²) in [4.78, 5) is 36.2. The number of anilines is 1. The third-order valence-electron chi connectivity index (χ3n) is 6.71. The summed E-state index contributed by atoms with van der Waals surface area (Å²) in [5.74, 6) is -0.472. The van der Waals surface area contributed by atoms with Gasteiger partial charge in [0.1, 0.15) is 17.2 Å². The van der Waals surface area contributed by atoms with E-state index in [0.29, 0.717) is 23.6 Å². The average Bonchev–Trinajstić information content (AvgIpc) is 3.40. The first-order valence-corrected chi connectivity index (χ1v) is 13.2. The van der Waals surface area contributed by atoms with Crippen LogP contribution < -0.4 is 5.32 Å². The number of carbonyl (C=O) groups excluding carboxylic acids is 2. The molecule has 8 nitrogen and oxygen atoms in total. The number of H-pyrrole nitrogens is 1. The number of methoxy groups -OCH3 is 2. The fourth-order valence-corrected chi connectivity index (χ4v) is 4.67. The summed E-state index contributed by atoms with van der Waals surface area (Å²) in [6.45, 7) is 0.709. The van der Waals surface area contributed by atoms with Gasteiger partial charge < -0.3 is 19.8 Å². The van der Waals surface area contributed by atoms with E-state index in [-0.39, 0.29) is 11.3 Å². The van der Waals surface area contributed by atoms with Crippen molar-refractivity contribution in [3.05, 3.63) is 89.0 Å². The number of benzene rings is 2. The molecule has 2 aromatic carbocycles. The molecule has 41 heavy (non-hydrogen) atoms. The first kappa shape index (κ1) is 29.7. The summed E-state index contributed by atoms with van der Waals surface area (Å²) in [5, 5.41) is 2.48. The summed E-state index contributed by atoms with van der Waals surface area (Å²) in [6.07, 6.45) is 0.809. The molecule has 1 aliphatic carbocycles. The molecule has 2 N–H and O–H groups in total. The van der Waals surface area contributed by atoms with Crippen LogP contribution in [-0.4, -0.2) is 41.0 Å². The lowest BCUT2D eigenvalue weighted by molar-refractivity contribution is -0.141. The van der Waals surface area contributed by atoms with Gasteiger partial charge in [0, 0.05) is 13.0 Å². The average molecular weight is 569 g/mol.